The molecule has 1 aliphatic heterocycles. The Bertz CT molecular complexity index is 664. The third-order valence-electron chi connectivity index (χ3n) is 3.84. The smallest absolute Gasteiger partial charge is 0.194 e. The third kappa shape index (κ3) is 3.05. The summed E-state index contributed by atoms with van der Waals surface area (Å²) in [6, 6.07) is 16.4. The molecule has 1 unspecified atom stereocenters. The van der Waals surface area contributed by atoms with E-state index >= 15 is 0 Å². The van der Waals surface area contributed by atoms with E-state index < -0.39 is 0 Å². The molecule has 1 heterocycles. The van der Waals surface area contributed by atoms with Crippen molar-refractivity contribution in [2.75, 3.05) is 13.9 Å². The van der Waals surface area contributed by atoms with Crippen LogP contribution in [0.4, 0.5) is 0 Å². The van der Waals surface area contributed by atoms with Gasteiger partial charge in [-0.15, -0.1) is 5.06 Å². The van der Waals surface area contributed by atoms with E-state index in [1.165, 1.54) is 5.56 Å². The van der Waals surface area contributed by atoms with Gasteiger partial charge in [-0.25, -0.2) is 0 Å². The number of nitrogens with zero attached hydrogens (tertiary/aromatic N) is 1. The van der Waals surface area contributed by atoms with Gasteiger partial charge in [0, 0.05) is 18.2 Å². The van der Waals surface area contributed by atoms with Crippen molar-refractivity contribution in [3.05, 3.63) is 59.7 Å². The lowest BCUT2D eigenvalue weighted by Crippen LogP contribution is -2.43. The average Bonchev–Trinajstić information content (AvgIpc) is 2.94. The molecule has 0 fully saturated rings. The fourth-order valence-electron chi connectivity index (χ4n) is 2.83. The van der Waals surface area contributed by atoms with Crippen LogP contribution in [-0.4, -0.2) is 24.5 Å². The fourth-order valence-corrected chi connectivity index (χ4v) is 2.83. The summed E-state index contributed by atoms with van der Waals surface area (Å²) in [5, 5.41) is 2.03. The van der Waals surface area contributed by atoms with Crippen LogP contribution in [0.25, 0.3) is 0 Å². The second-order valence-electron chi connectivity index (χ2n) is 6.63. The number of methoxy groups -OCH3 is 1. The normalized spacial score (nSPS) is 17.7. The molecule has 0 amide bonds. The van der Waals surface area contributed by atoms with Gasteiger partial charge in [-0.05, 0) is 32.4 Å². The molecule has 0 spiro atoms. The van der Waals surface area contributed by atoms with E-state index in [1.807, 2.05) is 23.3 Å². The standard InChI is InChI=1S/C19H23NO3/c1-19(2,3)20-17(14-9-6-5-7-10-14)15-11-8-12-16(18(15)23-20)22-13-21-4/h5-12,17H,13H2,1-4H3. The van der Waals surface area contributed by atoms with Crippen LogP contribution in [0.5, 0.6) is 11.5 Å². The minimum absolute atomic E-state index is 0.0392. The van der Waals surface area contributed by atoms with Crippen molar-refractivity contribution >= 4 is 0 Å². The van der Waals surface area contributed by atoms with Gasteiger partial charge in [0.05, 0.1) is 0 Å². The molecule has 3 rings (SSSR count). The molecule has 122 valence electrons. The van der Waals surface area contributed by atoms with Crippen LogP contribution in [0.2, 0.25) is 0 Å². The van der Waals surface area contributed by atoms with Gasteiger partial charge in [0.15, 0.2) is 18.3 Å². The Morgan fingerprint density at radius 3 is 2.43 bits per heavy atom. The predicted molar refractivity (Wildman–Crippen MR) is 89.5 cm³/mol. The van der Waals surface area contributed by atoms with Gasteiger partial charge in [-0.1, -0.05) is 42.5 Å². The first-order chi connectivity index (χ1) is 11.0. The Morgan fingerprint density at radius 1 is 1.04 bits per heavy atom. The molecule has 1 atom stereocenters. The fraction of sp³-hybridized carbons (Fsp3) is 0.368. The summed E-state index contributed by atoms with van der Waals surface area (Å²) in [5.74, 6) is 1.48. The molecule has 0 aromatic heterocycles. The van der Waals surface area contributed by atoms with Crippen LogP contribution in [0.3, 0.4) is 0 Å². The molecule has 0 aliphatic carbocycles. The van der Waals surface area contributed by atoms with E-state index in [9.17, 15) is 0 Å². The topological polar surface area (TPSA) is 30.9 Å². The van der Waals surface area contributed by atoms with E-state index in [2.05, 4.69) is 51.1 Å². The number of para-hydroxylation sites is 1. The quantitative estimate of drug-likeness (QED) is 0.793. The molecule has 2 aromatic carbocycles. The minimum atomic E-state index is -0.155. The molecule has 23 heavy (non-hydrogen) atoms. The summed E-state index contributed by atoms with van der Waals surface area (Å²) in [5.41, 5.74) is 2.16. The second kappa shape index (κ2) is 6.22. The zero-order valence-corrected chi connectivity index (χ0v) is 14.1. The van der Waals surface area contributed by atoms with E-state index in [0.29, 0.717) is 5.75 Å². The Balaban J connectivity index is 2.07. The summed E-state index contributed by atoms with van der Waals surface area (Å²) in [4.78, 5) is 6.22. The molecule has 1 aliphatic rings. The lowest BCUT2D eigenvalue weighted by molar-refractivity contribution is -0.130. The highest BCUT2D eigenvalue weighted by atomic mass is 16.7. The van der Waals surface area contributed by atoms with Crippen molar-refractivity contribution in [3.8, 4) is 11.5 Å². The highest BCUT2D eigenvalue weighted by Gasteiger charge is 2.41. The Morgan fingerprint density at radius 2 is 1.78 bits per heavy atom. The summed E-state index contributed by atoms with van der Waals surface area (Å²) in [7, 11) is 1.61. The molecule has 0 bridgehead atoms. The minimum Gasteiger partial charge on any atom is -0.464 e. The van der Waals surface area contributed by atoms with E-state index in [4.69, 9.17) is 14.3 Å². The first kappa shape index (κ1) is 15.8. The van der Waals surface area contributed by atoms with E-state index in [-0.39, 0.29) is 18.4 Å². The zero-order chi connectivity index (χ0) is 16.4. The van der Waals surface area contributed by atoms with Crippen molar-refractivity contribution in [3.63, 3.8) is 0 Å². The van der Waals surface area contributed by atoms with Crippen molar-refractivity contribution in [1.82, 2.24) is 5.06 Å². The molecule has 4 heteroatoms. The van der Waals surface area contributed by atoms with Gasteiger partial charge in [-0.2, -0.15) is 0 Å². The number of rotatable bonds is 4. The van der Waals surface area contributed by atoms with Crippen LogP contribution in [0, 0.1) is 0 Å². The second-order valence-corrected chi connectivity index (χ2v) is 6.63. The molecular weight excluding hydrogens is 290 g/mol. The third-order valence-corrected chi connectivity index (χ3v) is 3.84. The van der Waals surface area contributed by atoms with Gasteiger partial charge in [-0.3, -0.25) is 0 Å². The van der Waals surface area contributed by atoms with Crippen LogP contribution >= 0.6 is 0 Å². The first-order valence-electron chi connectivity index (χ1n) is 7.79. The van der Waals surface area contributed by atoms with Gasteiger partial charge < -0.3 is 14.3 Å². The van der Waals surface area contributed by atoms with Crippen LogP contribution in [0.15, 0.2) is 48.5 Å². The van der Waals surface area contributed by atoms with Crippen molar-refractivity contribution in [2.45, 2.75) is 32.4 Å². The summed E-state index contributed by atoms with van der Waals surface area (Å²) < 4.78 is 10.7. The number of benzene rings is 2. The number of hydrogen-bond donors (Lipinski definition) is 0. The first-order valence-corrected chi connectivity index (χ1v) is 7.79. The molecule has 4 nitrogen and oxygen atoms in total. The highest BCUT2D eigenvalue weighted by Crippen LogP contribution is 2.48. The summed E-state index contributed by atoms with van der Waals surface area (Å²) in [6.07, 6.45) is 0. The molecule has 0 radical (unpaired) electrons. The van der Waals surface area contributed by atoms with Gasteiger partial charge in [0.1, 0.15) is 6.04 Å². The largest absolute Gasteiger partial charge is 0.464 e. The Labute approximate surface area is 137 Å². The number of hydrogen-bond acceptors (Lipinski definition) is 4. The van der Waals surface area contributed by atoms with Gasteiger partial charge in [0.25, 0.3) is 0 Å². The zero-order valence-electron chi connectivity index (χ0n) is 14.1. The molecule has 2 aromatic rings. The van der Waals surface area contributed by atoms with Gasteiger partial charge in [0.2, 0.25) is 0 Å². The summed E-state index contributed by atoms with van der Waals surface area (Å²) >= 11 is 0. The van der Waals surface area contributed by atoms with Crippen LogP contribution in [-0.2, 0) is 4.74 Å². The van der Waals surface area contributed by atoms with Crippen molar-refractivity contribution < 1.29 is 14.3 Å². The number of ether oxygens (including phenoxy) is 2. The average molecular weight is 313 g/mol. The monoisotopic (exact) mass is 313 g/mol. The maximum Gasteiger partial charge on any atom is 0.194 e. The molecule has 0 N–H and O–H groups in total. The van der Waals surface area contributed by atoms with E-state index in [0.717, 1.165) is 11.3 Å². The molecule has 0 saturated heterocycles. The van der Waals surface area contributed by atoms with Crippen LogP contribution in [0.1, 0.15) is 37.9 Å². The Hall–Kier alpha value is -2.04. The highest BCUT2D eigenvalue weighted by molar-refractivity contribution is 5.53. The lowest BCUT2D eigenvalue weighted by Gasteiger charge is -2.34. The van der Waals surface area contributed by atoms with E-state index in [1.54, 1.807) is 7.11 Å². The summed E-state index contributed by atoms with van der Waals surface area (Å²) in [6.45, 7) is 6.63. The molecular formula is C19H23NO3. The predicted octanol–water partition coefficient (Wildman–Crippen LogP) is 4.17. The number of hydroxylamine groups is 2. The van der Waals surface area contributed by atoms with Crippen molar-refractivity contribution in [2.24, 2.45) is 0 Å². The molecule has 0 saturated carbocycles. The van der Waals surface area contributed by atoms with Gasteiger partial charge >= 0.3 is 0 Å². The maximum absolute atomic E-state index is 6.22. The lowest BCUT2D eigenvalue weighted by atomic mass is 9.95. The number of fused-ring (bicyclic) bond motifs is 1. The van der Waals surface area contributed by atoms with Crippen molar-refractivity contribution in [1.29, 1.82) is 0 Å². The van der Waals surface area contributed by atoms with Crippen LogP contribution < -0.4 is 9.57 Å². The SMILES string of the molecule is COCOc1cccc2c1ON(C(C)(C)C)C2c1ccccc1. The maximum atomic E-state index is 6.22. The Kier molecular flexibility index (Phi) is 4.28.